The van der Waals surface area contributed by atoms with Crippen LogP contribution in [-0.2, 0) is 4.79 Å². The molecule has 1 fully saturated rings. The summed E-state index contributed by atoms with van der Waals surface area (Å²) < 4.78 is 0. The molecule has 0 aromatic heterocycles. The summed E-state index contributed by atoms with van der Waals surface area (Å²) in [6, 6.07) is 0. The van der Waals surface area contributed by atoms with E-state index in [1.807, 2.05) is 6.08 Å². The molecule has 1 aliphatic heterocycles. The van der Waals surface area contributed by atoms with Crippen LogP contribution in [-0.4, -0.2) is 23.9 Å². The monoisotopic (exact) mass is 363 g/mol. The van der Waals surface area contributed by atoms with E-state index >= 15 is 0 Å². The predicted octanol–water partition coefficient (Wildman–Crippen LogP) is 7.43. The zero-order valence-electron chi connectivity index (χ0n) is 17.5. The molecule has 0 spiro atoms. The van der Waals surface area contributed by atoms with Crippen LogP contribution < -0.4 is 0 Å². The molecule has 0 saturated carbocycles. The van der Waals surface area contributed by atoms with Gasteiger partial charge in [0, 0.05) is 19.5 Å². The highest BCUT2D eigenvalue weighted by molar-refractivity contribution is 5.77. The standard InChI is InChI=1S/C24H45NO/c1-2-3-4-5-6-7-8-9-10-11-12-13-14-15-16-17-18-19-22-25-23-20-21-24(25)26/h2H,1,3-23H2. The lowest BCUT2D eigenvalue weighted by Gasteiger charge is -2.14. The van der Waals surface area contributed by atoms with Gasteiger partial charge in [-0.2, -0.15) is 0 Å². The fourth-order valence-electron chi connectivity index (χ4n) is 4.01. The summed E-state index contributed by atoms with van der Waals surface area (Å²) in [6.07, 6.45) is 27.4. The maximum atomic E-state index is 11.5. The molecule has 0 N–H and O–H groups in total. The van der Waals surface area contributed by atoms with Gasteiger partial charge in [0.1, 0.15) is 0 Å². The van der Waals surface area contributed by atoms with Gasteiger partial charge in [0.15, 0.2) is 0 Å². The van der Waals surface area contributed by atoms with Crippen LogP contribution in [0.5, 0.6) is 0 Å². The Morgan fingerprint density at radius 3 is 1.50 bits per heavy atom. The Labute approximate surface area is 163 Å². The zero-order valence-corrected chi connectivity index (χ0v) is 17.5. The number of likely N-dealkylation sites (tertiary alicyclic amines) is 1. The van der Waals surface area contributed by atoms with E-state index in [1.165, 1.54) is 109 Å². The van der Waals surface area contributed by atoms with Crippen LogP contribution >= 0.6 is 0 Å². The Kier molecular flexibility index (Phi) is 15.8. The molecule has 152 valence electrons. The minimum Gasteiger partial charge on any atom is -0.343 e. The van der Waals surface area contributed by atoms with Crippen LogP contribution in [0.3, 0.4) is 0 Å². The summed E-state index contributed by atoms with van der Waals surface area (Å²) in [5.41, 5.74) is 0. The second-order valence-electron chi connectivity index (χ2n) is 8.22. The summed E-state index contributed by atoms with van der Waals surface area (Å²) in [5.74, 6) is 0.383. The first-order valence-corrected chi connectivity index (χ1v) is 11.7. The minimum absolute atomic E-state index is 0.383. The highest BCUT2D eigenvalue weighted by atomic mass is 16.2. The maximum Gasteiger partial charge on any atom is 0.222 e. The van der Waals surface area contributed by atoms with E-state index < -0.39 is 0 Å². The Hall–Kier alpha value is -0.790. The summed E-state index contributed by atoms with van der Waals surface area (Å²) in [6.45, 7) is 5.79. The molecular weight excluding hydrogens is 318 g/mol. The maximum absolute atomic E-state index is 11.5. The normalized spacial score (nSPS) is 14.3. The molecular formula is C24H45NO. The van der Waals surface area contributed by atoms with E-state index in [-0.39, 0.29) is 0 Å². The quantitative estimate of drug-likeness (QED) is 0.173. The van der Waals surface area contributed by atoms with Crippen molar-refractivity contribution in [2.24, 2.45) is 0 Å². The fraction of sp³-hybridized carbons (Fsp3) is 0.875. The lowest BCUT2D eigenvalue weighted by atomic mass is 10.0. The van der Waals surface area contributed by atoms with E-state index in [0.29, 0.717) is 5.91 Å². The van der Waals surface area contributed by atoms with Crippen molar-refractivity contribution < 1.29 is 4.79 Å². The minimum atomic E-state index is 0.383. The first-order valence-electron chi connectivity index (χ1n) is 11.7. The molecule has 1 heterocycles. The van der Waals surface area contributed by atoms with Crippen LogP contribution in [0, 0.1) is 0 Å². The summed E-state index contributed by atoms with van der Waals surface area (Å²) in [5, 5.41) is 0. The molecule has 0 aliphatic carbocycles. The van der Waals surface area contributed by atoms with Crippen LogP contribution in [0.2, 0.25) is 0 Å². The number of carbonyl (C=O) groups excluding carboxylic acids is 1. The third-order valence-corrected chi connectivity index (χ3v) is 5.76. The molecule has 0 unspecified atom stereocenters. The molecule has 0 atom stereocenters. The van der Waals surface area contributed by atoms with E-state index in [2.05, 4.69) is 11.5 Å². The molecule has 2 heteroatoms. The number of rotatable bonds is 19. The number of nitrogens with zero attached hydrogens (tertiary/aromatic N) is 1. The van der Waals surface area contributed by atoms with Gasteiger partial charge in [-0.25, -0.2) is 0 Å². The fourth-order valence-corrected chi connectivity index (χ4v) is 4.01. The van der Waals surface area contributed by atoms with Crippen molar-refractivity contribution in [3.05, 3.63) is 12.7 Å². The van der Waals surface area contributed by atoms with E-state index in [9.17, 15) is 4.79 Å². The number of carbonyl (C=O) groups is 1. The van der Waals surface area contributed by atoms with Crippen LogP contribution in [0.15, 0.2) is 12.7 Å². The average molecular weight is 364 g/mol. The molecule has 1 saturated heterocycles. The number of hydrogen-bond donors (Lipinski definition) is 0. The lowest BCUT2D eigenvalue weighted by molar-refractivity contribution is -0.127. The molecule has 0 radical (unpaired) electrons. The van der Waals surface area contributed by atoms with Gasteiger partial charge < -0.3 is 4.90 Å². The number of hydrogen-bond acceptors (Lipinski definition) is 1. The highest BCUT2D eigenvalue weighted by Crippen LogP contribution is 2.15. The van der Waals surface area contributed by atoms with Gasteiger partial charge in [-0.15, -0.1) is 6.58 Å². The first kappa shape index (κ1) is 23.2. The van der Waals surface area contributed by atoms with Gasteiger partial charge in [-0.1, -0.05) is 96.0 Å². The summed E-state index contributed by atoms with van der Waals surface area (Å²) in [4.78, 5) is 13.6. The zero-order chi connectivity index (χ0) is 18.7. The first-order chi connectivity index (χ1) is 12.8. The largest absolute Gasteiger partial charge is 0.343 e. The van der Waals surface area contributed by atoms with E-state index in [0.717, 1.165) is 25.9 Å². The predicted molar refractivity (Wildman–Crippen MR) is 115 cm³/mol. The van der Waals surface area contributed by atoms with E-state index in [4.69, 9.17) is 0 Å². The summed E-state index contributed by atoms with van der Waals surface area (Å²) in [7, 11) is 0. The van der Waals surface area contributed by atoms with E-state index in [1.54, 1.807) is 0 Å². The SMILES string of the molecule is C=CCCCCCCCCCCCCCCCCCCN1CCCC1=O. The van der Waals surface area contributed by atoms with Gasteiger partial charge in [0.2, 0.25) is 5.91 Å². The Morgan fingerprint density at radius 1 is 0.692 bits per heavy atom. The van der Waals surface area contributed by atoms with Crippen LogP contribution in [0.4, 0.5) is 0 Å². The third-order valence-electron chi connectivity index (χ3n) is 5.76. The van der Waals surface area contributed by atoms with Gasteiger partial charge in [0.05, 0.1) is 0 Å². The van der Waals surface area contributed by atoms with Crippen molar-refractivity contribution in [3.8, 4) is 0 Å². The molecule has 0 bridgehead atoms. The van der Waals surface area contributed by atoms with Crippen molar-refractivity contribution in [1.29, 1.82) is 0 Å². The van der Waals surface area contributed by atoms with Crippen LogP contribution in [0.25, 0.3) is 0 Å². The Balaban J connectivity index is 1.67. The molecule has 0 aromatic rings. The number of unbranched alkanes of at least 4 members (excludes halogenated alkanes) is 16. The Morgan fingerprint density at radius 2 is 1.12 bits per heavy atom. The van der Waals surface area contributed by atoms with Crippen LogP contribution in [0.1, 0.15) is 122 Å². The molecule has 1 rings (SSSR count). The average Bonchev–Trinajstić information content (AvgIpc) is 3.05. The van der Waals surface area contributed by atoms with Gasteiger partial charge >= 0.3 is 0 Å². The molecule has 2 nitrogen and oxygen atoms in total. The molecule has 26 heavy (non-hydrogen) atoms. The smallest absolute Gasteiger partial charge is 0.222 e. The topological polar surface area (TPSA) is 20.3 Å². The second-order valence-corrected chi connectivity index (χ2v) is 8.22. The van der Waals surface area contributed by atoms with Crippen molar-refractivity contribution in [3.63, 3.8) is 0 Å². The van der Waals surface area contributed by atoms with Gasteiger partial charge in [0.25, 0.3) is 0 Å². The second kappa shape index (κ2) is 17.6. The third kappa shape index (κ3) is 13.4. The highest BCUT2D eigenvalue weighted by Gasteiger charge is 2.18. The molecule has 1 aliphatic rings. The molecule has 0 aromatic carbocycles. The van der Waals surface area contributed by atoms with Crippen molar-refractivity contribution in [1.82, 2.24) is 4.90 Å². The molecule has 1 amide bonds. The van der Waals surface area contributed by atoms with Crippen molar-refractivity contribution >= 4 is 5.91 Å². The summed E-state index contributed by atoms with van der Waals surface area (Å²) >= 11 is 0. The van der Waals surface area contributed by atoms with Gasteiger partial charge in [-0.3, -0.25) is 4.79 Å². The number of allylic oxidation sites excluding steroid dienone is 1. The van der Waals surface area contributed by atoms with Crippen molar-refractivity contribution in [2.45, 2.75) is 122 Å². The van der Waals surface area contributed by atoms with Crippen molar-refractivity contribution in [2.75, 3.05) is 13.1 Å². The number of amides is 1. The Bertz CT molecular complexity index is 339. The lowest BCUT2D eigenvalue weighted by Crippen LogP contribution is -2.25. The van der Waals surface area contributed by atoms with Gasteiger partial charge in [-0.05, 0) is 25.7 Å².